The third kappa shape index (κ3) is 5.33. The zero-order valence-electron chi connectivity index (χ0n) is 18.7. The molecule has 0 aliphatic rings. The zero-order chi connectivity index (χ0) is 24.9. The van der Waals surface area contributed by atoms with Crippen molar-refractivity contribution in [1.82, 2.24) is 4.31 Å². The Morgan fingerprint density at radius 1 is 1.00 bits per heavy atom. The van der Waals surface area contributed by atoms with Gasteiger partial charge in [0.2, 0.25) is 10.0 Å². The van der Waals surface area contributed by atoms with Crippen molar-refractivity contribution in [3.8, 4) is 11.5 Å². The van der Waals surface area contributed by atoms with E-state index in [9.17, 15) is 23.3 Å². The lowest BCUT2D eigenvalue weighted by Crippen LogP contribution is -2.26. The summed E-state index contributed by atoms with van der Waals surface area (Å²) in [6.07, 6.45) is 0. The molecule has 0 spiro atoms. The highest BCUT2D eigenvalue weighted by atomic mass is 32.2. The predicted octanol–water partition coefficient (Wildman–Crippen LogP) is 3.69. The van der Waals surface area contributed by atoms with Gasteiger partial charge in [-0.2, -0.15) is 4.31 Å². The molecule has 3 aromatic rings. The number of carbonyl (C=O) groups is 1. The molecule has 1 N–H and O–H groups in total. The van der Waals surface area contributed by atoms with Crippen molar-refractivity contribution in [2.45, 2.75) is 11.4 Å². The third-order valence-corrected chi connectivity index (χ3v) is 6.83. The molecule has 34 heavy (non-hydrogen) atoms. The highest BCUT2D eigenvalue weighted by Crippen LogP contribution is 2.35. The normalized spacial score (nSPS) is 11.2. The van der Waals surface area contributed by atoms with Gasteiger partial charge in [-0.15, -0.1) is 0 Å². The predicted molar refractivity (Wildman–Crippen MR) is 126 cm³/mol. The van der Waals surface area contributed by atoms with E-state index in [0.29, 0.717) is 0 Å². The van der Waals surface area contributed by atoms with E-state index in [1.165, 1.54) is 55.9 Å². The van der Waals surface area contributed by atoms with Crippen LogP contribution in [0.3, 0.4) is 0 Å². The van der Waals surface area contributed by atoms with Crippen molar-refractivity contribution in [3.05, 3.63) is 88.0 Å². The van der Waals surface area contributed by atoms with Crippen LogP contribution in [0.25, 0.3) is 0 Å². The minimum atomic E-state index is -3.77. The number of nitro groups is 1. The van der Waals surface area contributed by atoms with Crippen molar-refractivity contribution in [1.29, 1.82) is 0 Å². The molecule has 0 aromatic heterocycles. The van der Waals surface area contributed by atoms with Gasteiger partial charge in [-0.1, -0.05) is 30.3 Å². The maximum atomic E-state index is 12.9. The Morgan fingerprint density at radius 2 is 1.59 bits per heavy atom. The Morgan fingerprint density at radius 3 is 2.15 bits per heavy atom. The standard InChI is InChI=1S/C23H23N3O7S/c1-25(15-16-7-5-4-6-8-16)34(30,31)18-11-9-17(10-12-18)24-23(27)19-13-21(32-2)22(33-3)14-20(19)26(28)29/h4-14H,15H2,1-3H3,(H,24,27). The number of carbonyl (C=O) groups excluding carboxylic acids is 1. The van der Waals surface area contributed by atoms with E-state index in [1.807, 2.05) is 30.3 Å². The van der Waals surface area contributed by atoms with Gasteiger partial charge in [0.1, 0.15) is 5.56 Å². The number of methoxy groups -OCH3 is 2. The van der Waals surface area contributed by atoms with Crippen LogP contribution in [0.5, 0.6) is 11.5 Å². The SMILES string of the molecule is COc1cc(C(=O)Nc2ccc(S(=O)(=O)N(C)Cc3ccccc3)cc2)c([N+](=O)[O-])cc1OC. The summed E-state index contributed by atoms with van der Waals surface area (Å²) in [4.78, 5) is 23.6. The number of nitrogens with one attached hydrogen (secondary N) is 1. The number of amides is 1. The average molecular weight is 486 g/mol. The first-order valence-corrected chi connectivity index (χ1v) is 11.4. The molecule has 3 aromatic carbocycles. The number of nitrogens with zero attached hydrogens (tertiary/aromatic N) is 2. The van der Waals surface area contributed by atoms with Crippen LogP contribution < -0.4 is 14.8 Å². The van der Waals surface area contributed by atoms with Gasteiger partial charge in [-0.05, 0) is 29.8 Å². The molecule has 0 saturated heterocycles. The average Bonchev–Trinajstić information content (AvgIpc) is 2.83. The van der Waals surface area contributed by atoms with Crippen LogP contribution in [0.4, 0.5) is 11.4 Å². The first-order chi connectivity index (χ1) is 16.2. The van der Waals surface area contributed by atoms with Crippen LogP contribution in [-0.2, 0) is 16.6 Å². The van der Waals surface area contributed by atoms with Crippen molar-refractivity contribution in [2.75, 3.05) is 26.6 Å². The summed E-state index contributed by atoms with van der Waals surface area (Å²) in [6.45, 7) is 0.199. The number of benzene rings is 3. The van der Waals surface area contributed by atoms with E-state index in [4.69, 9.17) is 9.47 Å². The zero-order valence-corrected chi connectivity index (χ0v) is 19.5. The molecule has 0 saturated carbocycles. The summed E-state index contributed by atoms with van der Waals surface area (Å²) in [6, 6.07) is 17.0. The molecule has 0 bridgehead atoms. The molecule has 0 aliphatic heterocycles. The molecule has 1 amide bonds. The van der Waals surface area contributed by atoms with E-state index in [0.717, 1.165) is 11.6 Å². The summed E-state index contributed by atoms with van der Waals surface area (Å²) in [5.41, 5.74) is 0.409. The molecule has 10 nitrogen and oxygen atoms in total. The lowest BCUT2D eigenvalue weighted by molar-refractivity contribution is -0.385. The largest absolute Gasteiger partial charge is 0.493 e. The number of rotatable bonds is 9. The third-order valence-electron chi connectivity index (χ3n) is 5.01. The number of hydrogen-bond acceptors (Lipinski definition) is 7. The number of hydrogen-bond donors (Lipinski definition) is 1. The number of ether oxygens (including phenoxy) is 2. The minimum Gasteiger partial charge on any atom is -0.493 e. The summed E-state index contributed by atoms with van der Waals surface area (Å²) >= 11 is 0. The van der Waals surface area contributed by atoms with Gasteiger partial charge in [0.05, 0.1) is 30.1 Å². The van der Waals surface area contributed by atoms with Crippen LogP contribution in [0.1, 0.15) is 15.9 Å². The van der Waals surface area contributed by atoms with Crippen LogP contribution in [0.15, 0.2) is 71.6 Å². The van der Waals surface area contributed by atoms with E-state index in [1.54, 1.807) is 0 Å². The molecule has 0 aliphatic carbocycles. The van der Waals surface area contributed by atoms with Gasteiger partial charge < -0.3 is 14.8 Å². The van der Waals surface area contributed by atoms with Crippen molar-refractivity contribution in [3.63, 3.8) is 0 Å². The van der Waals surface area contributed by atoms with E-state index < -0.39 is 26.5 Å². The first-order valence-electron chi connectivity index (χ1n) is 9.99. The molecule has 0 fully saturated rings. The second-order valence-corrected chi connectivity index (χ2v) is 9.25. The van der Waals surface area contributed by atoms with Crippen molar-refractivity contribution < 1.29 is 27.6 Å². The monoisotopic (exact) mass is 485 g/mol. The fraction of sp³-hybridized carbons (Fsp3) is 0.174. The molecule has 0 atom stereocenters. The van der Waals surface area contributed by atoms with Crippen LogP contribution in [0.2, 0.25) is 0 Å². The van der Waals surface area contributed by atoms with E-state index in [2.05, 4.69) is 5.32 Å². The fourth-order valence-corrected chi connectivity index (χ4v) is 4.37. The summed E-state index contributed by atoms with van der Waals surface area (Å²) in [7, 11) is 0.386. The van der Waals surface area contributed by atoms with Crippen LogP contribution in [-0.4, -0.2) is 44.8 Å². The van der Waals surface area contributed by atoms with Crippen LogP contribution >= 0.6 is 0 Å². The quantitative estimate of drug-likeness (QED) is 0.362. The van der Waals surface area contributed by atoms with Crippen LogP contribution in [0, 0.1) is 10.1 Å². The van der Waals surface area contributed by atoms with E-state index in [-0.39, 0.29) is 34.2 Å². The Hall–Kier alpha value is -3.96. The van der Waals surface area contributed by atoms with E-state index >= 15 is 0 Å². The summed E-state index contributed by atoms with van der Waals surface area (Å²) < 4.78 is 37.2. The molecule has 11 heteroatoms. The number of sulfonamides is 1. The highest BCUT2D eigenvalue weighted by Gasteiger charge is 2.25. The highest BCUT2D eigenvalue weighted by molar-refractivity contribution is 7.89. The smallest absolute Gasteiger partial charge is 0.286 e. The van der Waals surface area contributed by atoms with Crippen molar-refractivity contribution in [2.24, 2.45) is 0 Å². The Labute approximate surface area is 196 Å². The first kappa shape index (κ1) is 24.7. The van der Waals surface area contributed by atoms with Gasteiger partial charge in [0.25, 0.3) is 11.6 Å². The van der Waals surface area contributed by atoms with Gasteiger partial charge in [0.15, 0.2) is 11.5 Å². The molecule has 178 valence electrons. The summed E-state index contributed by atoms with van der Waals surface area (Å²) in [5.74, 6) is -0.495. The lowest BCUT2D eigenvalue weighted by Gasteiger charge is -2.17. The lowest BCUT2D eigenvalue weighted by atomic mass is 10.1. The Bertz CT molecular complexity index is 1290. The molecule has 0 radical (unpaired) electrons. The maximum Gasteiger partial charge on any atom is 0.286 e. The summed E-state index contributed by atoms with van der Waals surface area (Å²) in [5, 5.41) is 14.0. The van der Waals surface area contributed by atoms with Gasteiger partial charge in [-0.25, -0.2) is 8.42 Å². The number of anilines is 1. The maximum absolute atomic E-state index is 12.9. The molecule has 0 heterocycles. The fourth-order valence-electron chi connectivity index (χ4n) is 3.22. The second-order valence-electron chi connectivity index (χ2n) is 7.21. The van der Waals surface area contributed by atoms with Gasteiger partial charge in [-0.3, -0.25) is 14.9 Å². The minimum absolute atomic E-state index is 0.0426. The van der Waals surface area contributed by atoms with Crippen molar-refractivity contribution >= 4 is 27.3 Å². The molecule has 0 unspecified atom stereocenters. The van der Waals surface area contributed by atoms with Gasteiger partial charge >= 0.3 is 0 Å². The Balaban J connectivity index is 1.80. The topological polar surface area (TPSA) is 128 Å². The molecular weight excluding hydrogens is 462 g/mol. The van der Waals surface area contributed by atoms with Gasteiger partial charge in [0, 0.05) is 25.3 Å². The Kier molecular flexibility index (Phi) is 7.49. The molecule has 3 rings (SSSR count). The second kappa shape index (κ2) is 10.3. The molecular formula is C23H23N3O7S. The number of nitro benzene ring substituents is 1.